The molecule has 1 nitrogen and oxygen atoms in total. The molecular weight excluding hydrogens is 148 g/mol. The molecule has 2 atom stereocenters. The quantitative estimate of drug-likeness (QED) is 0.544. The Labute approximate surface area is 74.8 Å². The third kappa shape index (κ3) is 0.957. The molecular formula is C11H18O. The first-order valence-corrected chi connectivity index (χ1v) is 4.96. The second-order valence-corrected chi connectivity index (χ2v) is 4.55. The molecule has 68 valence electrons. The summed E-state index contributed by atoms with van der Waals surface area (Å²) in [6, 6.07) is 0. The van der Waals surface area contributed by atoms with E-state index in [4.69, 9.17) is 4.74 Å². The van der Waals surface area contributed by atoms with Gasteiger partial charge in [0.25, 0.3) is 0 Å². The molecule has 0 aromatic heterocycles. The molecule has 1 aliphatic carbocycles. The van der Waals surface area contributed by atoms with Crippen LogP contribution < -0.4 is 0 Å². The summed E-state index contributed by atoms with van der Waals surface area (Å²) in [5.41, 5.74) is 1.58. The minimum atomic E-state index is 0.114. The maximum atomic E-state index is 5.97. The lowest BCUT2D eigenvalue weighted by atomic mass is 9.75. The molecule has 1 fully saturated rings. The van der Waals surface area contributed by atoms with Gasteiger partial charge in [-0.2, -0.15) is 0 Å². The van der Waals surface area contributed by atoms with E-state index in [9.17, 15) is 0 Å². The predicted molar refractivity (Wildman–Crippen MR) is 50.0 cm³/mol. The highest BCUT2D eigenvalue weighted by Crippen LogP contribution is 2.46. The molecule has 1 heteroatoms. The van der Waals surface area contributed by atoms with Gasteiger partial charge in [-0.15, -0.1) is 0 Å². The zero-order valence-corrected chi connectivity index (χ0v) is 8.26. The Balaban J connectivity index is 2.33. The molecule has 2 bridgehead atoms. The van der Waals surface area contributed by atoms with Gasteiger partial charge in [-0.1, -0.05) is 19.9 Å². The van der Waals surface area contributed by atoms with E-state index in [2.05, 4.69) is 26.8 Å². The van der Waals surface area contributed by atoms with Gasteiger partial charge in [0.2, 0.25) is 0 Å². The lowest BCUT2D eigenvalue weighted by molar-refractivity contribution is -0.00143. The van der Waals surface area contributed by atoms with Crippen molar-refractivity contribution in [2.45, 2.75) is 39.2 Å². The van der Waals surface area contributed by atoms with Crippen LogP contribution in [0, 0.1) is 11.8 Å². The normalized spacial score (nSPS) is 40.3. The Morgan fingerprint density at radius 1 is 1.58 bits per heavy atom. The summed E-state index contributed by atoms with van der Waals surface area (Å²) in [5, 5.41) is 0. The molecule has 12 heavy (non-hydrogen) atoms. The molecule has 0 amide bonds. The van der Waals surface area contributed by atoms with Crippen LogP contribution in [-0.4, -0.2) is 12.2 Å². The number of ether oxygens (including phenoxy) is 1. The fourth-order valence-electron chi connectivity index (χ4n) is 2.61. The molecule has 0 N–H and O–H groups in total. The van der Waals surface area contributed by atoms with Gasteiger partial charge in [-0.25, -0.2) is 0 Å². The molecule has 1 heterocycles. The minimum Gasteiger partial charge on any atom is -0.370 e. The highest BCUT2D eigenvalue weighted by atomic mass is 16.5. The van der Waals surface area contributed by atoms with E-state index in [1.165, 1.54) is 18.4 Å². The Bertz CT molecular complexity index is 217. The molecule has 1 aliphatic heterocycles. The van der Waals surface area contributed by atoms with Crippen molar-refractivity contribution >= 4 is 0 Å². The smallest absolute Gasteiger partial charge is 0.0915 e. The maximum absolute atomic E-state index is 5.97. The Morgan fingerprint density at radius 2 is 2.33 bits per heavy atom. The van der Waals surface area contributed by atoms with Crippen molar-refractivity contribution in [2.75, 3.05) is 6.61 Å². The molecule has 0 aromatic rings. The van der Waals surface area contributed by atoms with Crippen LogP contribution in [0.5, 0.6) is 0 Å². The lowest BCUT2D eigenvalue weighted by Crippen LogP contribution is -2.37. The average Bonchev–Trinajstić information content (AvgIpc) is 2.39. The number of hydrogen-bond acceptors (Lipinski definition) is 1. The van der Waals surface area contributed by atoms with Crippen LogP contribution in [0.4, 0.5) is 0 Å². The first kappa shape index (κ1) is 8.31. The van der Waals surface area contributed by atoms with Crippen LogP contribution in [-0.2, 0) is 4.74 Å². The largest absolute Gasteiger partial charge is 0.370 e. The monoisotopic (exact) mass is 166 g/mol. The number of rotatable bonds is 1. The Kier molecular flexibility index (Phi) is 1.80. The topological polar surface area (TPSA) is 9.23 Å². The second kappa shape index (κ2) is 2.59. The molecule has 1 saturated heterocycles. The number of hydrogen-bond donors (Lipinski definition) is 0. The number of allylic oxidation sites excluding steroid dienone is 1. The summed E-state index contributed by atoms with van der Waals surface area (Å²) in [5.74, 6) is 1.43. The number of fused-ring (bicyclic) bond motifs is 2. The van der Waals surface area contributed by atoms with Crippen LogP contribution in [0.3, 0.4) is 0 Å². The van der Waals surface area contributed by atoms with Crippen LogP contribution in [0.2, 0.25) is 0 Å². The van der Waals surface area contributed by atoms with Crippen LogP contribution in [0.15, 0.2) is 11.6 Å². The molecule has 0 saturated carbocycles. The van der Waals surface area contributed by atoms with E-state index in [1.807, 2.05) is 0 Å². The molecule has 0 radical (unpaired) electrons. The van der Waals surface area contributed by atoms with Crippen molar-refractivity contribution in [3.63, 3.8) is 0 Å². The van der Waals surface area contributed by atoms with Crippen molar-refractivity contribution in [2.24, 2.45) is 11.8 Å². The first-order chi connectivity index (χ1) is 5.65. The Morgan fingerprint density at radius 3 is 2.92 bits per heavy atom. The zero-order chi connectivity index (χ0) is 8.77. The highest BCUT2D eigenvalue weighted by Gasteiger charge is 2.46. The predicted octanol–water partition coefficient (Wildman–Crippen LogP) is 2.77. The fourth-order valence-corrected chi connectivity index (χ4v) is 2.61. The van der Waals surface area contributed by atoms with Gasteiger partial charge in [-0.05, 0) is 37.2 Å². The SMILES string of the molecule is CC1=CCC2COC1(C(C)C)C2. The van der Waals surface area contributed by atoms with Crippen molar-refractivity contribution in [1.29, 1.82) is 0 Å². The van der Waals surface area contributed by atoms with Gasteiger partial charge in [0, 0.05) is 0 Å². The summed E-state index contributed by atoms with van der Waals surface area (Å²) >= 11 is 0. The van der Waals surface area contributed by atoms with Crippen molar-refractivity contribution in [3.8, 4) is 0 Å². The van der Waals surface area contributed by atoms with Gasteiger partial charge in [0.05, 0.1) is 12.2 Å². The van der Waals surface area contributed by atoms with Gasteiger partial charge >= 0.3 is 0 Å². The van der Waals surface area contributed by atoms with Gasteiger partial charge in [-0.3, -0.25) is 0 Å². The van der Waals surface area contributed by atoms with E-state index in [0.717, 1.165) is 12.5 Å². The first-order valence-electron chi connectivity index (χ1n) is 4.96. The molecule has 0 spiro atoms. The molecule has 2 aliphatic rings. The van der Waals surface area contributed by atoms with Gasteiger partial charge in [0.15, 0.2) is 0 Å². The van der Waals surface area contributed by atoms with E-state index < -0.39 is 0 Å². The Hall–Kier alpha value is -0.300. The molecule has 2 unspecified atom stereocenters. The fraction of sp³-hybridized carbons (Fsp3) is 0.818. The van der Waals surface area contributed by atoms with Gasteiger partial charge < -0.3 is 4.74 Å². The summed E-state index contributed by atoms with van der Waals surface area (Å²) in [6.45, 7) is 7.74. The van der Waals surface area contributed by atoms with E-state index in [0.29, 0.717) is 5.92 Å². The van der Waals surface area contributed by atoms with Crippen LogP contribution in [0.1, 0.15) is 33.6 Å². The maximum Gasteiger partial charge on any atom is 0.0915 e. The summed E-state index contributed by atoms with van der Waals surface area (Å²) in [6.07, 6.45) is 4.87. The molecule has 2 rings (SSSR count). The van der Waals surface area contributed by atoms with Gasteiger partial charge in [0.1, 0.15) is 0 Å². The lowest BCUT2D eigenvalue weighted by Gasteiger charge is -2.36. The van der Waals surface area contributed by atoms with Crippen LogP contribution in [0.25, 0.3) is 0 Å². The second-order valence-electron chi connectivity index (χ2n) is 4.55. The highest BCUT2D eigenvalue weighted by molar-refractivity contribution is 5.22. The minimum absolute atomic E-state index is 0.114. The summed E-state index contributed by atoms with van der Waals surface area (Å²) in [7, 11) is 0. The third-order valence-electron chi connectivity index (χ3n) is 3.53. The third-order valence-corrected chi connectivity index (χ3v) is 3.53. The van der Waals surface area contributed by atoms with Crippen molar-refractivity contribution in [3.05, 3.63) is 11.6 Å². The van der Waals surface area contributed by atoms with Crippen LogP contribution >= 0.6 is 0 Å². The summed E-state index contributed by atoms with van der Waals surface area (Å²) in [4.78, 5) is 0. The van der Waals surface area contributed by atoms with E-state index in [-0.39, 0.29) is 5.60 Å². The van der Waals surface area contributed by atoms with E-state index in [1.54, 1.807) is 0 Å². The van der Waals surface area contributed by atoms with Crippen molar-refractivity contribution < 1.29 is 4.74 Å². The molecule has 0 aromatic carbocycles. The standard InChI is InChI=1S/C11H18O/c1-8(2)11-6-10(7-12-11)5-4-9(11)3/h4,8,10H,5-7H2,1-3H3. The van der Waals surface area contributed by atoms with Crippen molar-refractivity contribution in [1.82, 2.24) is 0 Å². The zero-order valence-electron chi connectivity index (χ0n) is 8.26. The summed E-state index contributed by atoms with van der Waals surface area (Å²) < 4.78 is 5.97. The van der Waals surface area contributed by atoms with E-state index >= 15 is 0 Å². The average molecular weight is 166 g/mol.